The first-order valence-corrected chi connectivity index (χ1v) is 18.3. The van der Waals surface area contributed by atoms with Crippen LogP contribution in [0.3, 0.4) is 0 Å². The highest BCUT2D eigenvalue weighted by Gasteiger charge is 2.52. The summed E-state index contributed by atoms with van der Waals surface area (Å²) >= 11 is 1.92. The van der Waals surface area contributed by atoms with Crippen molar-refractivity contribution in [1.82, 2.24) is 0 Å². The summed E-state index contributed by atoms with van der Waals surface area (Å²) in [4.78, 5) is 5.16. The zero-order valence-corrected chi connectivity index (χ0v) is 26.4. The van der Waals surface area contributed by atoms with Gasteiger partial charge in [-0.3, -0.25) is 0 Å². The van der Waals surface area contributed by atoms with E-state index >= 15 is 0 Å². The molecule has 0 atom stereocenters. The second-order valence-corrected chi connectivity index (χ2v) is 16.4. The Labute approximate surface area is 269 Å². The van der Waals surface area contributed by atoms with Crippen molar-refractivity contribution in [2.24, 2.45) is 0 Å². The average Bonchev–Trinajstić information content (AvgIpc) is 3.41. The molecule has 0 aliphatic carbocycles. The van der Waals surface area contributed by atoms with Crippen molar-refractivity contribution in [3.8, 4) is 22.3 Å². The van der Waals surface area contributed by atoms with Gasteiger partial charge in [-0.2, -0.15) is 0 Å². The van der Waals surface area contributed by atoms with Crippen LogP contribution >= 0.6 is 11.8 Å². The highest BCUT2D eigenvalue weighted by atomic mass is 32.2. The second-order valence-electron chi connectivity index (χ2n) is 11.7. The molecule has 3 heteroatoms. The smallest absolute Gasteiger partial charge is 0.183 e. The monoisotopic (exact) mass is 607 g/mol. The Morgan fingerprint density at radius 1 is 0.356 bits per heavy atom. The number of fused-ring (bicyclic) bond motifs is 9. The highest BCUT2D eigenvalue weighted by Crippen LogP contribution is 2.41. The van der Waals surface area contributed by atoms with E-state index in [1.165, 1.54) is 58.5 Å². The average molecular weight is 608 g/mol. The maximum absolute atomic E-state index is 2.58. The van der Waals surface area contributed by atoms with Crippen molar-refractivity contribution in [1.29, 1.82) is 0 Å². The number of nitrogens with zero attached hydrogens (tertiary/aromatic N) is 1. The van der Waals surface area contributed by atoms with Gasteiger partial charge in [0.05, 0.1) is 0 Å². The van der Waals surface area contributed by atoms with Gasteiger partial charge in [-0.05, 0) is 91.5 Å². The van der Waals surface area contributed by atoms with Gasteiger partial charge in [0, 0.05) is 26.9 Å². The Morgan fingerprint density at radius 3 is 1.53 bits per heavy atom. The fraction of sp³-hybridized carbons (Fsp3) is 0. The fourth-order valence-corrected chi connectivity index (χ4v) is 14.8. The van der Waals surface area contributed by atoms with E-state index in [9.17, 15) is 0 Å². The summed E-state index contributed by atoms with van der Waals surface area (Å²) in [7, 11) is -2.58. The van der Waals surface area contributed by atoms with Crippen molar-refractivity contribution >= 4 is 57.6 Å². The largest absolute Gasteiger partial charge is 0.311 e. The minimum atomic E-state index is -2.58. The van der Waals surface area contributed by atoms with Gasteiger partial charge in [0.25, 0.3) is 0 Å². The molecule has 0 unspecified atom stereocenters. The van der Waals surface area contributed by atoms with Gasteiger partial charge in [-0.25, -0.2) is 0 Å². The Bertz CT molecular complexity index is 2150. The molecule has 9 rings (SSSR count). The van der Waals surface area contributed by atoms with Gasteiger partial charge in [0.2, 0.25) is 0 Å². The summed E-state index contributed by atoms with van der Waals surface area (Å²) in [5.74, 6) is 0. The molecule has 0 amide bonds. The van der Waals surface area contributed by atoms with E-state index in [2.05, 4.69) is 181 Å². The van der Waals surface area contributed by atoms with Crippen LogP contribution in [0.15, 0.2) is 186 Å². The van der Waals surface area contributed by atoms with Crippen molar-refractivity contribution in [2.75, 3.05) is 4.90 Å². The third-order valence-electron chi connectivity index (χ3n) is 9.34. The predicted octanol–water partition coefficient (Wildman–Crippen LogP) is 8.65. The molecule has 0 aromatic heterocycles. The van der Waals surface area contributed by atoms with Crippen LogP contribution in [-0.4, -0.2) is 8.07 Å². The fourth-order valence-electron chi connectivity index (χ4n) is 7.44. The topological polar surface area (TPSA) is 3.24 Å². The number of para-hydroxylation sites is 1. The van der Waals surface area contributed by atoms with Crippen molar-refractivity contribution in [3.63, 3.8) is 0 Å². The van der Waals surface area contributed by atoms with Crippen molar-refractivity contribution < 1.29 is 0 Å². The first-order valence-electron chi connectivity index (χ1n) is 15.4. The molecule has 1 nitrogen and oxygen atoms in total. The summed E-state index contributed by atoms with van der Waals surface area (Å²) in [6.07, 6.45) is 0. The van der Waals surface area contributed by atoms with Gasteiger partial charge < -0.3 is 4.90 Å². The molecule has 0 N–H and O–H groups in total. The molecule has 0 fully saturated rings. The molecule has 7 aromatic carbocycles. The molecule has 2 heterocycles. The Morgan fingerprint density at radius 2 is 0.844 bits per heavy atom. The van der Waals surface area contributed by atoms with E-state index in [4.69, 9.17) is 0 Å². The van der Waals surface area contributed by atoms with Crippen LogP contribution in [0.25, 0.3) is 22.3 Å². The van der Waals surface area contributed by atoms with Crippen LogP contribution in [0.2, 0.25) is 0 Å². The maximum Gasteiger partial charge on any atom is 0.183 e. The minimum absolute atomic E-state index is 1.15. The summed E-state index contributed by atoms with van der Waals surface area (Å²) in [6, 6.07) is 65.0. The Balaban J connectivity index is 1.28. The first kappa shape index (κ1) is 26.3. The number of benzene rings is 7. The van der Waals surface area contributed by atoms with Crippen LogP contribution in [0.1, 0.15) is 0 Å². The normalized spacial score (nSPS) is 13.4. The summed E-state index contributed by atoms with van der Waals surface area (Å²) in [5, 5.41) is 5.96. The molecule has 212 valence electrons. The molecule has 2 aliphatic heterocycles. The molecule has 0 saturated carbocycles. The van der Waals surface area contributed by atoms with E-state index in [1.54, 1.807) is 0 Å². The van der Waals surface area contributed by atoms with Crippen LogP contribution in [0.4, 0.5) is 17.1 Å². The van der Waals surface area contributed by atoms with Crippen LogP contribution in [0, 0.1) is 0 Å². The molecule has 1 spiro atoms. The number of rotatable bonds is 4. The maximum atomic E-state index is 2.52. The molecular weight excluding hydrogens is 579 g/mol. The molecule has 0 saturated heterocycles. The highest BCUT2D eigenvalue weighted by molar-refractivity contribution is 8.00. The van der Waals surface area contributed by atoms with E-state index in [0.29, 0.717) is 0 Å². The van der Waals surface area contributed by atoms with Crippen molar-refractivity contribution in [3.05, 3.63) is 176 Å². The van der Waals surface area contributed by atoms with Gasteiger partial charge in [0.15, 0.2) is 8.07 Å². The molecule has 0 radical (unpaired) electrons. The van der Waals surface area contributed by atoms with Crippen molar-refractivity contribution in [2.45, 2.75) is 9.79 Å². The summed E-state index contributed by atoms with van der Waals surface area (Å²) < 4.78 is 0. The van der Waals surface area contributed by atoms with Gasteiger partial charge in [-0.1, -0.05) is 139 Å². The first-order chi connectivity index (χ1) is 22.3. The molecule has 7 aromatic rings. The lowest BCUT2D eigenvalue weighted by Gasteiger charge is -2.38. The second kappa shape index (κ2) is 10.5. The number of anilines is 3. The van der Waals surface area contributed by atoms with E-state index in [0.717, 1.165) is 11.4 Å². The zero-order chi connectivity index (χ0) is 29.8. The SMILES string of the molecule is c1ccc(-c2ccc(N(c3ccccc3)c3ccc4c(c3)[Si]3(c5ccccc5S4)c4ccccc4-c4ccccc43)cc2)cc1. The standard InChI is InChI=1S/C42H29NSSi/c1-3-13-30(14-4-1)31-23-25-33(26-24-31)43(32-15-5-2-6-16-32)34-27-28-38-42(29-34)45(41-22-12-9-19-37(41)44-38)39-20-10-7-17-35(39)36-18-8-11-21-40(36)45/h1-29H. The van der Waals surface area contributed by atoms with E-state index in [1.807, 2.05) is 11.8 Å². The predicted molar refractivity (Wildman–Crippen MR) is 193 cm³/mol. The van der Waals surface area contributed by atoms with Gasteiger partial charge >= 0.3 is 0 Å². The van der Waals surface area contributed by atoms with E-state index < -0.39 is 8.07 Å². The summed E-state index contributed by atoms with van der Waals surface area (Å²) in [6.45, 7) is 0. The molecule has 0 bridgehead atoms. The lowest BCUT2D eigenvalue weighted by atomic mass is 10.0. The zero-order valence-electron chi connectivity index (χ0n) is 24.6. The summed E-state index contributed by atoms with van der Waals surface area (Å²) in [5.41, 5.74) is 8.69. The van der Waals surface area contributed by atoms with Crippen LogP contribution < -0.4 is 25.6 Å². The lowest BCUT2D eigenvalue weighted by Crippen LogP contribution is -2.74. The molecular formula is C42H29NSSi. The third-order valence-corrected chi connectivity index (χ3v) is 15.8. The quantitative estimate of drug-likeness (QED) is 0.184. The van der Waals surface area contributed by atoms with Crippen LogP contribution in [-0.2, 0) is 0 Å². The number of hydrogen-bond acceptors (Lipinski definition) is 2. The molecule has 45 heavy (non-hydrogen) atoms. The third kappa shape index (κ3) is 4.01. The number of hydrogen-bond donors (Lipinski definition) is 0. The van der Waals surface area contributed by atoms with Gasteiger partial charge in [-0.15, -0.1) is 0 Å². The Hall–Kier alpha value is -5.09. The van der Waals surface area contributed by atoms with Gasteiger partial charge in [0.1, 0.15) is 0 Å². The van der Waals surface area contributed by atoms with Crippen LogP contribution in [0.5, 0.6) is 0 Å². The van der Waals surface area contributed by atoms with E-state index in [-0.39, 0.29) is 0 Å². The minimum Gasteiger partial charge on any atom is -0.311 e. The molecule has 2 aliphatic rings. The lowest BCUT2D eigenvalue weighted by molar-refractivity contribution is 1.27. The Kier molecular flexibility index (Phi) is 6.15.